The Balaban J connectivity index is 1.15. The van der Waals surface area contributed by atoms with Crippen LogP contribution in [0.3, 0.4) is 0 Å². The number of morpholine rings is 1. The predicted molar refractivity (Wildman–Crippen MR) is 198 cm³/mol. The molecule has 0 saturated carbocycles. The van der Waals surface area contributed by atoms with Gasteiger partial charge in [0, 0.05) is 69.0 Å². The van der Waals surface area contributed by atoms with E-state index in [1.807, 2.05) is 44.9 Å². The topological polar surface area (TPSA) is 82.9 Å². The molecule has 10 nitrogen and oxygen atoms in total. The molecular weight excluding hydrogens is 666 g/mol. The van der Waals surface area contributed by atoms with Gasteiger partial charge in [0.2, 0.25) is 5.95 Å². The molecule has 2 aromatic heterocycles. The molecule has 6 rings (SSSR count). The Kier molecular flexibility index (Phi) is 11.3. The molecular formula is C40H56F2N6O4. The Morgan fingerprint density at radius 1 is 1.00 bits per heavy atom. The van der Waals surface area contributed by atoms with Gasteiger partial charge < -0.3 is 23.7 Å². The summed E-state index contributed by atoms with van der Waals surface area (Å²) in [6.07, 6.45) is 3.88. The second-order valence-electron chi connectivity index (χ2n) is 16.4. The van der Waals surface area contributed by atoms with Gasteiger partial charge in [-0.2, -0.15) is 4.39 Å². The highest BCUT2D eigenvalue weighted by Gasteiger charge is 2.37. The summed E-state index contributed by atoms with van der Waals surface area (Å²) in [5.74, 6) is -0.212. The maximum Gasteiger partial charge on any atom is 0.410 e. The number of ether oxygens (including phenoxy) is 2. The number of amides is 2. The van der Waals surface area contributed by atoms with Crippen LogP contribution in [0.2, 0.25) is 0 Å². The van der Waals surface area contributed by atoms with Gasteiger partial charge in [0.1, 0.15) is 22.8 Å². The average molecular weight is 723 g/mol. The number of likely N-dealkylation sites (tertiary alicyclic amines) is 1. The van der Waals surface area contributed by atoms with Gasteiger partial charge in [-0.1, -0.05) is 19.9 Å². The molecule has 0 N–H and O–H groups in total. The molecule has 2 amide bonds. The van der Waals surface area contributed by atoms with E-state index >= 15 is 4.39 Å². The van der Waals surface area contributed by atoms with Crippen LogP contribution in [-0.2, 0) is 9.47 Å². The lowest BCUT2D eigenvalue weighted by Crippen LogP contribution is -2.55. The zero-order chi connectivity index (χ0) is 37.5. The van der Waals surface area contributed by atoms with Gasteiger partial charge >= 0.3 is 6.09 Å². The van der Waals surface area contributed by atoms with E-state index in [-0.39, 0.29) is 41.1 Å². The van der Waals surface area contributed by atoms with E-state index in [1.165, 1.54) is 12.1 Å². The molecule has 1 aromatic carbocycles. The van der Waals surface area contributed by atoms with E-state index in [2.05, 4.69) is 35.6 Å². The summed E-state index contributed by atoms with van der Waals surface area (Å²) in [5.41, 5.74) is 2.07. The van der Waals surface area contributed by atoms with Crippen molar-refractivity contribution < 1.29 is 27.8 Å². The van der Waals surface area contributed by atoms with Crippen LogP contribution in [0, 0.1) is 24.6 Å². The van der Waals surface area contributed by atoms with Gasteiger partial charge in [-0.05, 0) is 96.2 Å². The number of imidazole rings is 1. The third kappa shape index (κ3) is 8.14. The number of hydrogen-bond acceptors (Lipinski definition) is 7. The van der Waals surface area contributed by atoms with Gasteiger partial charge in [-0.3, -0.25) is 14.6 Å². The minimum atomic E-state index is -0.614. The van der Waals surface area contributed by atoms with E-state index < -0.39 is 17.4 Å². The second kappa shape index (κ2) is 15.4. The quantitative estimate of drug-likeness (QED) is 0.247. The van der Waals surface area contributed by atoms with Crippen LogP contribution in [0.15, 0.2) is 30.5 Å². The fourth-order valence-corrected chi connectivity index (χ4v) is 8.15. The standard InChI is InChI=1S/C40H56F2N6O4/c1-25(2)35(10-9-13-44-14-15-47(26(3)20-44)39(50)52-40(6,7)8)45-21-30(22-45)29-18-33(36-37(42)43-28(5)48(36)23-29)32-12-11-31(41)19-34(32)38(49)46-16-17-51-24-27(46)4/h11-12,18-19,23,25-27,30,35H,9-10,13-17,20-22,24H2,1-8H3/t26-,27-,35-/m1/s1. The van der Waals surface area contributed by atoms with Crippen molar-refractivity contribution in [1.82, 2.24) is 29.0 Å². The van der Waals surface area contributed by atoms with E-state index in [0.717, 1.165) is 51.1 Å². The molecule has 3 fully saturated rings. The summed E-state index contributed by atoms with van der Waals surface area (Å²) in [7, 11) is 0. The molecule has 0 spiro atoms. The minimum Gasteiger partial charge on any atom is -0.444 e. The Morgan fingerprint density at radius 3 is 2.42 bits per heavy atom. The number of piperazine rings is 1. The zero-order valence-corrected chi connectivity index (χ0v) is 32.1. The van der Waals surface area contributed by atoms with Gasteiger partial charge in [0.25, 0.3) is 5.91 Å². The molecule has 0 unspecified atom stereocenters. The molecule has 3 aliphatic rings. The first-order chi connectivity index (χ1) is 24.6. The van der Waals surface area contributed by atoms with Crippen LogP contribution >= 0.6 is 0 Å². The first-order valence-electron chi connectivity index (χ1n) is 18.9. The number of carbonyl (C=O) groups is 2. The monoisotopic (exact) mass is 722 g/mol. The van der Waals surface area contributed by atoms with Crippen molar-refractivity contribution in [2.45, 2.75) is 97.9 Å². The van der Waals surface area contributed by atoms with Crippen LogP contribution in [-0.4, -0.2) is 124 Å². The van der Waals surface area contributed by atoms with Crippen LogP contribution in [0.5, 0.6) is 0 Å². The third-order valence-electron chi connectivity index (χ3n) is 11.0. The highest BCUT2D eigenvalue weighted by Crippen LogP contribution is 2.38. The maximum absolute atomic E-state index is 15.5. The molecule has 3 atom stereocenters. The number of aryl methyl sites for hydroxylation is 1. The fourth-order valence-electron chi connectivity index (χ4n) is 8.15. The number of halogens is 2. The number of fused-ring (bicyclic) bond motifs is 1. The Morgan fingerprint density at radius 2 is 1.75 bits per heavy atom. The Bertz CT molecular complexity index is 1770. The molecule has 52 heavy (non-hydrogen) atoms. The van der Waals surface area contributed by atoms with E-state index in [0.29, 0.717) is 55.2 Å². The molecule has 0 radical (unpaired) electrons. The molecule has 3 aromatic rings. The Hall–Kier alpha value is -3.61. The van der Waals surface area contributed by atoms with Crippen molar-refractivity contribution in [1.29, 1.82) is 0 Å². The van der Waals surface area contributed by atoms with E-state index in [1.54, 1.807) is 22.3 Å². The summed E-state index contributed by atoms with van der Waals surface area (Å²) in [6.45, 7) is 22.3. The van der Waals surface area contributed by atoms with E-state index in [4.69, 9.17) is 9.47 Å². The number of carbonyl (C=O) groups excluding carboxylic acids is 2. The lowest BCUT2D eigenvalue weighted by atomic mass is 9.85. The third-order valence-corrected chi connectivity index (χ3v) is 11.0. The summed E-state index contributed by atoms with van der Waals surface area (Å²) in [6, 6.07) is 6.53. The Labute approximate surface area is 307 Å². The molecule has 12 heteroatoms. The molecule has 0 bridgehead atoms. The lowest BCUT2D eigenvalue weighted by molar-refractivity contribution is 0.000561. The fraction of sp³-hybridized carbons (Fsp3) is 0.625. The molecule has 284 valence electrons. The normalized spacial score (nSPS) is 21.5. The van der Waals surface area contributed by atoms with Crippen LogP contribution in [0.4, 0.5) is 13.6 Å². The highest BCUT2D eigenvalue weighted by atomic mass is 19.1. The van der Waals surface area contributed by atoms with Crippen molar-refractivity contribution in [2.75, 3.05) is 59.0 Å². The average Bonchev–Trinajstić information content (AvgIpc) is 3.34. The van der Waals surface area contributed by atoms with Gasteiger partial charge in [0.05, 0.1) is 24.8 Å². The second-order valence-corrected chi connectivity index (χ2v) is 16.4. The van der Waals surface area contributed by atoms with E-state index in [9.17, 15) is 14.0 Å². The van der Waals surface area contributed by atoms with Crippen LogP contribution in [0.1, 0.15) is 89.0 Å². The number of nitrogens with zero attached hydrogens (tertiary/aromatic N) is 6. The smallest absolute Gasteiger partial charge is 0.410 e. The van der Waals surface area contributed by atoms with Crippen molar-refractivity contribution in [3.8, 4) is 11.1 Å². The molecule has 3 saturated heterocycles. The van der Waals surface area contributed by atoms with Crippen LogP contribution < -0.4 is 0 Å². The molecule has 3 aliphatic heterocycles. The molecule has 5 heterocycles. The first-order valence-corrected chi connectivity index (χ1v) is 18.9. The van der Waals surface area contributed by atoms with Gasteiger partial charge in [-0.15, -0.1) is 0 Å². The minimum absolute atomic E-state index is 0.0995. The number of aromatic nitrogens is 2. The number of rotatable bonds is 9. The number of pyridine rings is 1. The summed E-state index contributed by atoms with van der Waals surface area (Å²) in [4.78, 5) is 39.3. The molecule has 0 aliphatic carbocycles. The summed E-state index contributed by atoms with van der Waals surface area (Å²) >= 11 is 0. The SMILES string of the molecule is Cc1nc(F)c2c(-c3ccc(F)cc3C(=O)N3CCOC[C@H]3C)cc(C3CN([C@H](CCCN4CCN(C(=O)OC(C)(C)C)[C@H](C)C4)C(C)C)C3)cn12. The first kappa shape index (κ1) is 38.1. The van der Waals surface area contributed by atoms with Crippen molar-refractivity contribution in [3.63, 3.8) is 0 Å². The lowest BCUT2D eigenvalue weighted by Gasteiger charge is -2.47. The van der Waals surface area contributed by atoms with Gasteiger partial charge in [0.15, 0.2) is 0 Å². The van der Waals surface area contributed by atoms with Crippen molar-refractivity contribution in [3.05, 3.63) is 59.2 Å². The number of benzene rings is 1. The highest BCUT2D eigenvalue weighted by molar-refractivity contribution is 6.03. The summed E-state index contributed by atoms with van der Waals surface area (Å²) < 4.78 is 43.2. The number of hydrogen-bond donors (Lipinski definition) is 0. The summed E-state index contributed by atoms with van der Waals surface area (Å²) in [5, 5.41) is 0. The maximum atomic E-state index is 15.5. The van der Waals surface area contributed by atoms with Gasteiger partial charge in [-0.25, -0.2) is 14.2 Å². The predicted octanol–water partition coefficient (Wildman–Crippen LogP) is 6.59. The largest absolute Gasteiger partial charge is 0.444 e. The van der Waals surface area contributed by atoms with Crippen molar-refractivity contribution in [2.24, 2.45) is 5.92 Å². The zero-order valence-electron chi connectivity index (χ0n) is 32.1. The van der Waals surface area contributed by atoms with Crippen molar-refractivity contribution >= 4 is 17.5 Å². The van der Waals surface area contributed by atoms with Crippen LogP contribution in [0.25, 0.3) is 16.6 Å².